The Morgan fingerprint density at radius 1 is 1.13 bits per heavy atom. The first-order valence-electron chi connectivity index (χ1n) is 7.94. The molecule has 1 aromatic heterocycles. The first kappa shape index (κ1) is 16.0. The average molecular weight is 330 g/mol. The lowest BCUT2D eigenvalue weighted by Crippen LogP contribution is -2.34. The highest BCUT2D eigenvalue weighted by Crippen LogP contribution is 2.16. The molecule has 2 aromatic rings. The van der Waals surface area contributed by atoms with Crippen molar-refractivity contribution >= 4 is 17.2 Å². The van der Waals surface area contributed by atoms with E-state index in [4.69, 9.17) is 4.74 Å². The lowest BCUT2D eigenvalue weighted by molar-refractivity contribution is 0.0766. The van der Waals surface area contributed by atoms with Gasteiger partial charge in [0.05, 0.1) is 12.0 Å². The zero-order valence-corrected chi connectivity index (χ0v) is 14.2. The Morgan fingerprint density at radius 3 is 2.65 bits per heavy atom. The molecule has 1 aromatic carbocycles. The van der Waals surface area contributed by atoms with Gasteiger partial charge in [-0.15, -0.1) is 11.3 Å². The number of carbonyl (C=O) groups excluding carboxylic acids is 1. The summed E-state index contributed by atoms with van der Waals surface area (Å²) in [5, 5.41) is 1.96. The van der Waals surface area contributed by atoms with Crippen LogP contribution in [0.5, 0.6) is 5.75 Å². The van der Waals surface area contributed by atoms with Crippen LogP contribution in [0.1, 0.15) is 21.7 Å². The summed E-state index contributed by atoms with van der Waals surface area (Å²) in [7, 11) is 1.68. The maximum absolute atomic E-state index is 12.5. The second kappa shape index (κ2) is 7.62. The molecule has 0 saturated carbocycles. The van der Waals surface area contributed by atoms with E-state index in [1.807, 2.05) is 34.5 Å². The quantitative estimate of drug-likeness (QED) is 0.863. The van der Waals surface area contributed by atoms with Crippen molar-refractivity contribution in [1.29, 1.82) is 0 Å². The largest absolute Gasteiger partial charge is 0.497 e. The van der Waals surface area contributed by atoms with Crippen LogP contribution in [0.4, 0.5) is 0 Å². The zero-order valence-electron chi connectivity index (χ0n) is 13.4. The van der Waals surface area contributed by atoms with Crippen molar-refractivity contribution in [2.24, 2.45) is 0 Å². The van der Waals surface area contributed by atoms with Gasteiger partial charge in [0.2, 0.25) is 0 Å². The minimum absolute atomic E-state index is 0.172. The van der Waals surface area contributed by atoms with Crippen LogP contribution in [0.3, 0.4) is 0 Å². The van der Waals surface area contributed by atoms with Crippen LogP contribution in [0.25, 0.3) is 0 Å². The van der Waals surface area contributed by atoms with E-state index in [-0.39, 0.29) is 5.91 Å². The Labute approximate surface area is 141 Å². The molecular weight excluding hydrogens is 308 g/mol. The summed E-state index contributed by atoms with van der Waals surface area (Å²) in [6.07, 6.45) is 1.02. The van der Waals surface area contributed by atoms with E-state index in [2.05, 4.69) is 17.0 Å². The number of hydrogen-bond donors (Lipinski definition) is 0. The fraction of sp³-hybridized carbons (Fsp3) is 0.389. The van der Waals surface area contributed by atoms with Crippen LogP contribution < -0.4 is 4.74 Å². The molecule has 1 fully saturated rings. The number of carbonyl (C=O) groups is 1. The van der Waals surface area contributed by atoms with E-state index in [0.717, 1.165) is 49.8 Å². The van der Waals surface area contributed by atoms with Crippen LogP contribution in [0, 0.1) is 0 Å². The Balaban J connectivity index is 1.56. The highest BCUT2D eigenvalue weighted by atomic mass is 32.1. The normalized spacial score (nSPS) is 16.1. The number of hydrogen-bond acceptors (Lipinski definition) is 4. The smallest absolute Gasteiger partial charge is 0.263 e. The van der Waals surface area contributed by atoms with Crippen molar-refractivity contribution in [1.82, 2.24) is 9.80 Å². The number of ether oxygens (including phenoxy) is 1. The molecule has 1 saturated heterocycles. The first-order chi connectivity index (χ1) is 11.3. The summed E-state index contributed by atoms with van der Waals surface area (Å²) < 4.78 is 5.20. The Hall–Kier alpha value is -1.85. The Bertz CT molecular complexity index is 625. The molecular formula is C18H22N2O2S. The molecule has 3 rings (SSSR count). The van der Waals surface area contributed by atoms with E-state index in [1.165, 1.54) is 16.9 Å². The monoisotopic (exact) mass is 330 g/mol. The van der Waals surface area contributed by atoms with Crippen molar-refractivity contribution in [3.63, 3.8) is 0 Å². The van der Waals surface area contributed by atoms with Gasteiger partial charge in [-0.1, -0.05) is 18.2 Å². The van der Waals surface area contributed by atoms with Crippen LogP contribution >= 0.6 is 11.3 Å². The van der Waals surface area contributed by atoms with E-state index in [0.29, 0.717) is 0 Å². The van der Waals surface area contributed by atoms with Gasteiger partial charge in [-0.25, -0.2) is 0 Å². The zero-order chi connectivity index (χ0) is 16.1. The maximum Gasteiger partial charge on any atom is 0.263 e. The van der Waals surface area contributed by atoms with E-state index in [1.54, 1.807) is 7.11 Å². The molecule has 1 aliphatic rings. The molecule has 0 aliphatic carbocycles. The third-order valence-corrected chi connectivity index (χ3v) is 5.03. The molecule has 122 valence electrons. The summed E-state index contributed by atoms with van der Waals surface area (Å²) in [5.74, 6) is 1.06. The number of thiophene rings is 1. The molecule has 23 heavy (non-hydrogen) atoms. The Kier molecular flexibility index (Phi) is 5.31. The average Bonchev–Trinajstić information content (AvgIpc) is 3.02. The van der Waals surface area contributed by atoms with Gasteiger partial charge in [0, 0.05) is 32.7 Å². The SMILES string of the molecule is COc1ccc(CN2CCCN(C(=O)c3cccs3)CC2)cc1. The second-order valence-corrected chi connectivity index (χ2v) is 6.69. The van der Waals surface area contributed by atoms with Crippen LogP contribution in [-0.2, 0) is 6.54 Å². The number of rotatable bonds is 4. The first-order valence-corrected chi connectivity index (χ1v) is 8.82. The predicted octanol–water partition coefficient (Wildman–Crippen LogP) is 3.10. The lowest BCUT2D eigenvalue weighted by atomic mass is 10.2. The Morgan fingerprint density at radius 2 is 1.96 bits per heavy atom. The van der Waals surface area contributed by atoms with E-state index in [9.17, 15) is 4.79 Å². The molecule has 5 heteroatoms. The predicted molar refractivity (Wildman–Crippen MR) is 93.1 cm³/mol. The fourth-order valence-electron chi connectivity index (χ4n) is 2.88. The van der Waals surface area contributed by atoms with Crippen LogP contribution in [-0.4, -0.2) is 49.0 Å². The molecule has 1 aliphatic heterocycles. The minimum Gasteiger partial charge on any atom is -0.497 e. The van der Waals surface area contributed by atoms with Gasteiger partial charge in [0.25, 0.3) is 5.91 Å². The molecule has 4 nitrogen and oxygen atoms in total. The second-order valence-electron chi connectivity index (χ2n) is 5.75. The van der Waals surface area contributed by atoms with Gasteiger partial charge in [-0.3, -0.25) is 9.69 Å². The third-order valence-electron chi connectivity index (χ3n) is 4.17. The van der Waals surface area contributed by atoms with Crippen LogP contribution in [0.15, 0.2) is 41.8 Å². The van der Waals surface area contributed by atoms with E-state index < -0.39 is 0 Å². The molecule has 0 N–H and O–H groups in total. The summed E-state index contributed by atoms with van der Waals surface area (Å²) in [6, 6.07) is 12.1. The van der Waals surface area contributed by atoms with Gasteiger partial charge >= 0.3 is 0 Å². The molecule has 0 spiro atoms. The van der Waals surface area contributed by atoms with Crippen molar-refractivity contribution in [2.75, 3.05) is 33.3 Å². The number of methoxy groups -OCH3 is 1. The molecule has 0 unspecified atom stereocenters. The number of amides is 1. The highest BCUT2D eigenvalue weighted by molar-refractivity contribution is 7.12. The van der Waals surface area contributed by atoms with Crippen molar-refractivity contribution in [2.45, 2.75) is 13.0 Å². The summed E-state index contributed by atoms with van der Waals surface area (Å²) in [4.78, 5) is 17.7. The maximum atomic E-state index is 12.5. The fourth-order valence-corrected chi connectivity index (χ4v) is 3.57. The van der Waals surface area contributed by atoms with Crippen molar-refractivity contribution in [3.8, 4) is 5.75 Å². The molecule has 2 heterocycles. The minimum atomic E-state index is 0.172. The van der Waals surface area contributed by atoms with Crippen molar-refractivity contribution in [3.05, 3.63) is 52.2 Å². The van der Waals surface area contributed by atoms with Gasteiger partial charge < -0.3 is 9.64 Å². The van der Waals surface area contributed by atoms with Crippen molar-refractivity contribution < 1.29 is 9.53 Å². The standard InChI is InChI=1S/C18H22N2O2S/c1-22-16-7-5-15(6-8-16)14-19-9-3-10-20(12-11-19)18(21)17-4-2-13-23-17/h2,4-8,13H,3,9-12,14H2,1H3. The third kappa shape index (κ3) is 4.12. The molecule has 0 bridgehead atoms. The van der Waals surface area contributed by atoms with Gasteiger partial charge in [-0.05, 0) is 35.6 Å². The lowest BCUT2D eigenvalue weighted by Gasteiger charge is -2.21. The summed E-state index contributed by atoms with van der Waals surface area (Å²) >= 11 is 1.52. The summed E-state index contributed by atoms with van der Waals surface area (Å²) in [6.45, 7) is 4.51. The molecule has 1 amide bonds. The topological polar surface area (TPSA) is 32.8 Å². The summed E-state index contributed by atoms with van der Waals surface area (Å²) in [5.41, 5.74) is 1.28. The number of nitrogens with zero attached hydrogens (tertiary/aromatic N) is 2. The van der Waals surface area contributed by atoms with Gasteiger partial charge in [-0.2, -0.15) is 0 Å². The van der Waals surface area contributed by atoms with Crippen LogP contribution in [0.2, 0.25) is 0 Å². The molecule has 0 atom stereocenters. The van der Waals surface area contributed by atoms with E-state index >= 15 is 0 Å². The van der Waals surface area contributed by atoms with Gasteiger partial charge in [0.1, 0.15) is 5.75 Å². The molecule has 0 radical (unpaired) electrons. The van der Waals surface area contributed by atoms with Gasteiger partial charge in [0.15, 0.2) is 0 Å². The number of benzene rings is 1. The highest BCUT2D eigenvalue weighted by Gasteiger charge is 2.20.